The average molecular weight is 248 g/mol. The first-order valence-electron chi connectivity index (χ1n) is 5.97. The van der Waals surface area contributed by atoms with E-state index in [9.17, 15) is 9.59 Å². The van der Waals surface area contributed by atoms with Crippen LogP contribution >= 0.6 is 0 Å². The van der Waals surface area contributed by atoms with E-state index in [1.165, 1.54) is 0 Å². The summed E-state index contributed by atoms with van der Waals surface area (Å²) in [5.41, 5.74) is 7.20. The predicted octanol–water partition coefficient (Wildman–Crippen LogP) is 1.19. The van der Waals surface area contributed by atoms with Gasteiger partial charge < -0.3 is 10.5 Å². The lowest BCUT2D eigenvalue weighted by atomic mass is 9.90. The third-order valence-corrected chi connectivity index (χ3v) is 2.98. The molecule has 0 radical (unpaired) electrons. The van der Waals surface area contributed by atoms with Gasteiger partial charge in [-0.15, -0.1) is 0 Å². The molecule has 0 aromatic heterocycles. The molecule has 0 bridgehead atoms. The first-order valence-corrected chi connectivity index (χ1v) is 5.97. The van der Waals surface area contributed by atoms with Crippen LogP contribution in [-0.4, -0.2) is 18.4 Å². The zero-order valence-electron chi connectivity index (χ0n) is 10.2. The van der Waals surface area contributed by atoms with E-state index in [0.717, 1.165) is 5.56 Å². The molecular weight excluding hydrogens is 232 g/mol. The highest BCUT2D eigenvalue weighted by atomic mass is 16.5. The van der Waals surface area contributed by atoms with Crippen molar-refractivity contribution in [2.75, 3.05) is 12.3 Å². The summed E-state index contributed by atoms with van der Waals surface area (Å²) in [6.07, 6.45) is 0.890. The van der Waals surface area contributed by atoms with Gasteiger partial charge in [-0.2, -0.15) is 0 Å². The predicted molar refractivity (Wildman–Crippen MR) is 67.1 cm³/mol. The molecule has 3 N–H and O–H groups in total. The number of hydrogen-bond acceptors (Lipinski definition) is 4. The number of carbonyl (C=O) groups excluding carboxylic acids is 2. The summed E-state index contributed by atoms with van der Waals surface area (Å²) >= 11 is 0. The maximum Gasteiger partial charge on any atom is 0.234 e. The molecule has 0 aliphatic carbocycles. The maximum absolute atomic E-state index is 11.7. The summed E-state index contributed by atoms with van der Waals surface area (Å²) in [5, 5.41) is 2.34. The standard InChI is InChI=1S/C13H16N2O3/c1-2-18-11-5-3-8(7-10(11)14)9-4-6-12(16)15-13(9)17/h3,5,7,9H,2,4,6,14H2,1H3,(H,15,16,17). The zero-order valence-corrected chi connectivity index (χ0v) is 10.2. The van der Waals surface area contributed by atoms with E-state index in [2.05, 4.69) is 5.32 Å². The molecule has 1 aromatic rings. The fraction of sp³-hybridized carbons (Fsp3) is 0.385. The van der Waals surface area contributed by atoms with Crippen molar-refractivity contribution >= 4 is 17.5 Å². The van der Waals surface area contributed by atoms with Crippen LogP contribution in [0.4, 0.5) is 5.69 Å². The molecule has 5 nitrogen and oxygen atoms in total. The first kappa shape index (κ1) is 12.4. The lowest BCUT2D eigenvalue weighted by Crippen LogP contribution is -2.39. The Morgan fingerprint density at radius 2 is 2.22 bits per heavy atom. The van der Waals surface area contributed by atoms with Crippen molar-refractivity contribution in [3.05, 3.63) is 23.8 Å². The van der Waals surface area contributed by atoms with Crippen LogP contribution in [0, 0.1) is 0 Å². The molecule has 0 saturated carbocycles. The number of rotatable bonds is 3. The van der Waals surface area contributed by atoms with Gasteiger partial charge in [0.1, 0.15) is 5.75 Å². The van der Waals surface area contributed by atoms with Gasteiger partial charge in [0.25, 0.3) is 0 Å². The van der Waals surface area contributed by atoms with Crippen molar-refractivity contribution in [3.63, 3.8) is 0 Å². The topological polar surface area (TPSA) is 81.4 Å². The van der Waals surface area contributed by atoms with Gasteiger partial charge in [0.15, 0.2) is 0 Å². The van der Waals surface area contributed by atoms with Gasteiger partial charge in [0.05, 0.1) is 18.2 Å². The second kappa shape index (κ2) is 5.08. The van der Waals surface area contributed by atoms with Gasteiger partial charge in [-0.25, -0.2) is 0 Å². The normalized spacial score (nSPS) is 19.5. The number of amides is 2. The quantitative estimate of drug-likeness (QED) is 0.622. The number of hydrogen-bond donors (Lipinski definition) is 2. The van der Waals surface area contributed by atoms with E-state index < -0.39 is 0 Å². The fourth-order valence-electron chi connectivity index (χ4n) is 2.08. The van der Waals surface area contributed by atoms with Crippen LogP contribution in [-0.2, 0) is 9.59 Å². The Bertz CT molecular complexity index is 485. The van der Waals surface area contributed by atoms with Crippen molar-refractivity contribution in [2.45, 2.75) is 25.7 Å². The molecule has 18 heavy (non-hydrogen) atoms. The van der Waals surface area contributed by atoms with Gasteiger partial charge in [-0.05, 0) is 31.0 Å². The zero-order chi connectivity index (χ0) is 13.1. The summed E-state index contributed by atoms with van der Waals surface area (Å²) in [4.78, 5) is 22.8. The molecule has 1 atom stereocenters. The lowest BCUT2D eigenvalue weighted by Gasteiger charge is -2.21. The van der Waals surface area contributed by atoms with Crippen molar-refractivity contribution in [3.8, 4) is 5.75 Å². The monoisotopic (exact) mass is 248 g/mol. The Labute approximate surface area is 105 Å². The molecular formula is C13H16N2O3. The number of carbonyl (C=O) groups is 2. The van der Waals surface area contributed by atoms with Crippen LogP contribution in [0.3, 0.4) is 0 Å². The van der Waals surface area contributed by atoms with Crippen LogP contribution in [0.25, 0.3) is 0 Å². The van der Waals surface area contributed by atoms with E-state index >= 15 is 0 Å². The van der Waals surface area contributed by atoms with E-state index in [1.54, 1.807) is 12.1 Å². The number of ether oxygens (including phenoxy) is 1. The van der Waals surface area contributed by atoms with E-state index in [1.807, 2.05) is 13.0 Å². The highest BCUT2D eigenvalue weighted by Gasteiger charge is 2.28. The fourth-order valence-corrected chi connectivity index (χ4v) is 2.08. The number of nitrogens with two attached hydrogens (primary N) is 1. The highest BCUT2D eigenvalue weighted by Crippen LogP contribution is 2.30. The Hall–Kier alpha value is -2.04. The van der Waals surface area contributed by atoms with Gasteiger partial charge in [-0.1, -0.05) is 6.07 Å². The number of benzene rings is 1. The first-order chi connectivity index (χ1) is 8.61. The van der Waals surface area contributed by atoms with Gasteiger partial charge in [0.2, 0.25) is 11.8 Å². The molecule has 2 amide bonds. The molecule has 96 valence electrons. The minimum Gasteiger partial charge on any atom is -0.492 e. The average Bonchev–Trinajstić information content (AvgIpc) is 2.32. The minimum absolute atomic E-state index is 0.213. The molecule has 1 unspecified atom stereocenters. The minimum atomic E-state index is -0.305. The molecule has 1 saturated heterocycles. The second-order valence-corrected chi connectivity index (χ2v) is 4.23. The Morgan fingerprint density at radius 1 is 1.44 bits per heavy atom. The van der Waals surface area contributed by atoms with Crippen molar-refractivity contribution in [2.24, 2.45) is 0 Å². The van der Waals surface area contributed by atoms with Crippen molar-refractivity contribution in [1.29, 1.82) is 0 Å². The molecule has 1 heterocycles. The SMILES string of the molecule is CCOc1ccc(C2CCC(=O)NC2=O)cc1N. The van der Waals surface area contributed by atoms with E-state index in [-0.39, 0.29) is 17.7 Å². The molecule has 1 fully saturated rings. The maximum atomic E-state index is 11.7. The summed E-state index contributed by atoms with van der Waals surface area (Å²) < 4.78 is 5.34. The summed E-state index contributed by atoms with van der Waals surface area (Å²) in [7, 11) is 0. The summed E-state index contributed by atoms with van der Waals surface area (Å²) in [6, 6.07) is 5.32. The number of nitrogen functional groups attached to an aromatic ring is 1. The summed E-state index contributed by atoms with van der Waals surface area (Å²) in [6.45, 7) is 2.43. The number of piperidine rings is 1. The molecule has 2 rings (SSSR count). The van der Waals surface area contributed by atoms with Crippen LogP contribution < -0.4 is 15.8 Å². The summed E-state index contributed by atoms with van der Waals surface area (Å²) in [5.74, 6) is -0.154. The van der Waals surface area contributed by atoms with Crippen LogP contribution in [0.2, 0.25) is 0 Å². The Kier molecular flexibility index (Phi) is 3.50. The van der Waals surface area contributed by atoms with E-state index in [0.29, 0.717) is 30.9 Å². The van der Waals surface area contributed by atoms with Gasteiger partial charge in [-0.3, -0.25) is 14.9 Å². The molecule has 1 aromatic carbocycles. The Morgan fingerprint density at radius 3 is 2.83 bits per heavy atom. The largest absolute Gasteiger partial charge is 0.492 e. The highest BCUT2D eigenvalue weighted by molar-refractivity contribution is 6.01. The van der Waals surface area contributed by atoms with Crippen LogP contribution in [0.15, 0.2) is 18.2 Å². The van der Waals surface area contributed by atoms with Gasteiger partial charge >= 0.3 is 0 Å². The van der Waals surface area contributed by atoms with Crippen molar-refractivity contribution in [1.82, 2.24) is 5.32 Å². The Balaban J connectivity index is 2.21. The third-order valence-electron chi connectivity index (χ3n) is 2.98. The van der Waals surface area contributed by atoms with E-state index in [4.69, 9.17) is 10.5 Å². The van der Waals surface area contributed by atoms with Gasteiger partial charge in [0, 0.05) is 6.42 Å². The van der Waals surface area contributed by atoms with Crippen LogP contribution in [0.5, 0.6) is 5.75 Å². The second-order valence-electron chi connectivity index (χ2n) is 4.23. The smallest absolute Gasteiger partial charge is 0.234 e. The molecule has 5 heteroatoms. The third kappa shape index (κ3) is 2.45. The number of imide groups is 1. The molecule has 1 aliphatic heterocycles. The van der Waals surface area contributed by atoms with Crippen molar-refractivity contribution < 1.29 is 14.3 Å². The molecule has 1 aliphatic rings. The molecule has 0 spiro atoms. The number of nitrogens with one attached hydrogen (secondary N) is 1. The number of anilines is 1. The lowest BCUT2D eigenvalue weighted by molar-refractivity contribution is -0.134. The van der Waals surface area contributed by atoms with Crippen LogP contribution in [0.1, 0.15) is 31.2 Å².